The van der Waals surface area contributed by atoms with Gasteiger partial charge in [-0.1, -0.05) is 0 Å². The Morgan fingerprint density at radius 2 is 2.04 bits per heavy atom. The van der Waals surface area contributed by atoms with Gasteiger partial charge in [-0.25, -0.2) is 0 Å². The molecular weight excluding hydrogens is 453 g/mol. The number of rotatable bonds is 5. The van der Waals surface area contributed by atoms with Gasteiger partial charge in [0.05, 0.1) is 0 Å². The number of nitriles is 1. The zero-order valence-electron chi connectivity index (χ0n) is 15.9. The van der Waals surface area contributed by atoms with Crippen LogP contribution in [0.3, 0.4) is 0 Å². The summed E-state index contributed by atoms with van der Waals surface area (Å²) in [6, 6.07) is 4.34. The van der Waals surface area contributed by atoms with Gasteiger partial charge in [-0.05, 0) is 0 Å². The topological polar surface area (TPSA) is 81.0 Å². The Morgan fingerprint density at radius 1 is 1.25 bits per heavy atom. The van der Waals surface area contributed by atoms with Crippen LogP contribution in [0.5, 0.6) is 0 Å². The fraction of sp³-hybridized carbons (Fsp3) is 0.556. The molecular formula is C18H24AsN7S2. The van der Waals surface area contributed by atoms with Crippen LogP contribution < -0.4 is 18.5 Å². The van der Waals surface area contributed by atoms with Crippen molar-refractivity contribution in [1.82, 2.24) is 25.2 Å². The van der Waals surface area contributed by atoms with E-state index in [1.54, 1.807) is 6.20 Å². The van der Waals surface area contributed by atoms with Crippen molar-refractivity contribution in [2.45, 2.75) is 23.2 Å². The number of piperazine rings is 1. The van der Waals surface area contributed by atoms with E-state index in [1.807, 2.05) is 11.8 Å². The van der Waals surface area contributed by atoms with Crippen molar-refractivity contribution in [1.29, 1.82) is 5.26 Å². The molecule has 2 fully saturated rings. The van der Waals surface area contributed by atoms with Crippen molar-refractivity contribution in [2.75, 3.05) is 51.2 Å². The molecule has 7 nitrogen and oxygen atoms in total. The third kappa shape index (κ3) is 5.25. The molecule has 0 amide bonds. The van der Waals surface area contributed by atoms with Gasteiger partial charge < -0.3 is 0 Å². The Balaban J connectivity index is 1.57. The van der Waals surface area contributed by atoms with Crippen LogP contribution >= 0.6 is 23.1 Å². The Labute approximate surface area is 180 Å². The van der Waals surface area contributed by atoms with E-state index in [9.17, 15) is 0 Å². The number of thiazole rings is 1. The summed E-state index contributed by atoms with van der Waals surface area (Å²) < 4.78 is 2.16. The van der Waals surface area contributed by atoms with Gasteiger partial charge in [0.25, 0.3) is 0 Å². The van der Waals surface area contributed by atoms with Crippen LogP contribution in [0.25, 0.3) is 0 Å². The number of hydrogen-bond donors (Lipinski definition) is 1. The molecule has 2 aliphatic rings. The third-order valence-corrected chi connectivity index (χ3v) is 9.81. The van der Waals surface area contributed by atoms with Crippen LogP contribution in [0.15, 0.2) is 17.4 Å². The Morgan fingerprint density at radius 3 is 2.75 bits per heavy atom. The maximum atomic E-state index is 9.07. The predicted octanol–water partition coefficient (Wildman–Crippen LogP) is -0.212. The number of nitrogens with zero attached hydrogens (tertiary/aromatic N) is 6. The number of hydrogen-bond acceptors (Lipinski definition) is 9. The van der Waals surface area contributed by atoms with Crippen molar-refractivity contribution < 1.29 is 0 Å². The summed E-state index contributed by atoms with van der Waals surface area (Å²) in [7, 11) is 2.17. The molecule has 4 rings (SSSR count). The van der Waals surface area contributed by atoms with Gasteiger partial charge in [0, 0.05) is 0 Å². The van der Waals surface area contributed by atoms with E-state index >= 15 is 0 Å². The SMILES string of the molecule is CN1CCN(c2cc([AsH]c3ncc(C#N)s3)nc(SC3CCNCC3)n2)CC1. The fourth-order valence-electron chi connectivity index (χ4n) is 3.28. The molecule has 0 radical (unpaired) electrons. The molecule has 0 aliphatic carbocycles. The first-order valence-corrected chi connectivity index (χ1v) is 13.3. The number of nitrogens with one attached hydrogen (secondary N) is 1. The summed E-state index contributed by atoms with van der Waals surface area (Å²) in [4.78, 5) is 19.7. The zero-order chi connectivity index (χ0) is 19.3. The monoisotopic (exact) mass is 477 g/mol. The van der Waals surface area contributed by atoms with Crippen LogP contribution in [-0.2, 0) is 0 Å². The first-order chi connectivity index (χ1) is 13.7. The molecule has 1 N–H and O–H groups in total. The third-order valence-electron chi connectivity index (χ3n) is 4.93. The van der Waals surface area contributed by atoms with E-state index in [0.717, 1.165) is 71.4 Å². The standard InChI is InChI=1S/C18H24AsN7S2/c1-25-6-8-26(9-7-25)16-10-15(19-17-22-12-14(11-20)27-17)23-18(24-16)28-13-2-4-21-5-3-13/h10,12-13,19,21H,2-9H2,1H3. The second-order valence-corrected chi connectivity index (χ2v) is 12.7. The van der Waals surface area contributed by atoms with Crippen molar-refractivity contribution in [3.8, 4) is 6.07 Å². The fourth-order valence-corrected chi connectivity index (χ4v) is 8.08. The number of likely N-dealkylation sites (N-methyl/N-ethyl adjacent to an activating group) is 1. The summed E-state index contributed by atoms with van der Waals surface area (Å²) in [6.45, 7) is 6.27. The summed E-state index contributed by atoms with van der Waals surface area (Å²) in [5, 5.41) is 14.0. The molecule has 4 heterocycles. The van der Waals surface area contributed by atoms with Crippen LogP contribution in [-0.4, -0.2) is 87.2 Å². The zero-order valence-corrected chi connectivity index (χ0v) is 19.6. The molecule has 0 aromatic carbocycles. The number of aromatic nitrogens is 3. The quantitative estimate of drug-likeness (QED) is 0.468. The molecule has 148 valence electrons. The minimum absolute atomic E-state index is 0.585. The van der Waals surface area contributed by atoms with Crippen molar-refractivity contribution in [3.05, 3.63) is 17.1 Å². The normalized spacial score (nSPS) is 19.4. The molecule has 0 saturated carbocycles. The number of thioether (sulfide) groups is 1. The minimum atomic E-state index is -0.661. The van der Waals surface area contributed by atoms with Crippen molar-refractivity contribution in [2.24, 2.45) is 0 Å². The summed E-state index contributed by atoms with van der Waals surface area (Å²) >= 11 is 2.67. The van der Waals surface area contributed by atoms with Crippen LogP contribution in [0.4, 0.5) is 5.82 Å². The first kappa shape index (κ1) is 20.1. The van der Waals surface area contributed by atoms with E-state index in [0.29, 0.717) is 10.1 Å². The van der Waals surface area contributed by atoms with Gasteiger partial charge in [0.2, 0.25) is 0 Å². The van der Waals surface area contributed by atoms with Crippen molar-refractivity contribution in [3.63, 3.8) is 0 Å². The molecule has 0 bridgehead atoms. The number of anilines is 1. The average Bonchev–Trinajstić information content (AvgIpc) is 3.17. The van der Waals surface area contributed by atoms with Gasteiger partial charge in [-0.3, -0.25) is 0 Å². The van der Waals surface area contributed by atoms with E-state index in [4.69, 9.17) is 15.2 Å². The molecule has 0 spiro atoms. The molecule has 1 atom stereocenters. The summed E-state index contributed by atoms with van der Waals surface area (Å²) in [5.74, 6) is 1.05. The predicted molar refractivity (Wildman–Crippen MR) is 117 cm³/mol. The van der Waals surface area contributed by atoms with Crippen LogP contribution in [0.2, 0.25) is 0 Å². The maximum absolute atomic E-state index is 9.07. The Kier molecular flexibility index (Phi) is 6.86. The van der Waals surface area contributed by atoms with Gasteiger partial charge in [-0.2, -0.15) is 0 Å². The second-order valence-electron chi connectivity index (χ2n) is 7.02. The van der Waals surface area contributed by atoms with Crippen LogP contribution in [0.1, 0.15) is 17.7 Å². The van der Waals surface area contributed by atoms with Gasteiger partial charge >= 0.3 is 181 Å². The van der Waals surface area contributed by atoms with E-state index < -0.39 is 15.8 Å². The van der Waals surface area contributed by atoms with E-state index in [-0.39, 0.29) is 0 Å². The molecule has 28 heavy (non-hydrogen) atoms. The van der Waals surface area contributed by atoms with Crippen molar-refractivity contribution >= 4 is 52.9 Å². The van der Waals surface area contributed by atoms with E-state index in [1.165, 1.54) is 11.3 Å². The Bertz CT molecular complexity index is 839. The van der Waals surface area contributed by atoms with Crippen LogP contribution in [0, 0.1) is 11.3 Å². The first-order valence-electron chi connectivity index (χ1n) is 9.52. The molecule has 2 aliphatic heterocycles. The van der Waals surface area contributed by atoms with Gasteiger partial charge in [0.15, 0.2) is 0 Å². The molecule has 2 aromatic heterocycles. The summed E-state index contributed by atoms with van der Waals surface area (Å²) in [5.41, 5.74) is 0. The van der Waals surface area contributed by atoms with E-state index in [2.05, 4.69) is 39.3 Å². The molecule has 2 saturated heterocycles. The second kappa shape index (κ2) is 9.55. The number of piperidine rings is 1. The molecule has 10 heteroatoms. The molecule has 1 unspecified atom stereocenters. The average molecular weight is 477 g/mol. The summed E-state index contributed by atoms with van der Waals surface area (Å²) in [6.07, 6.45) is 4.00. The Hall–Kier alpha value is -1.17. The molecule has 2 aromatic rings. The van der Waals surface area contributed by atoms with Gasteiger partial charge in [-0.15, -0.1) is 0 Å². The van der Waals surface area contributed by atoms with Gasteiger partial charge in [0.1, 0.15) is 0 Å².